The zero-order chi connectivity index (χ0) is 13.0. The fourth-order valence-electron chi connectivity index (χ4n) is 1.92. The lowest BCUT2D eigenvalue weighted by Crippen LogP contribution is -2.16. The molecule has 1 aromatic heterocycles. The van der Waals surface area contributed by atoms with Gasteiger partial charge in [-0.1, -0.05) is 36.7 Å². The molecule has 0 radical (unpaired) electrons. The van der Waals surface area contributed by atoms with Gasteiger partial charge >= 0.3 is 0 Å². The smallest absolute Gasteiger partial charge is 0.106 e. The molecule has 2 rings (SSSR count). The van der Waals surface area contributed by atoms with E-state index in [1.807, 2.05) is 31.3 Å². The van der Waals surface area contributed by atoms with Crippen LogP contribution in [0.4, 0.5) is 0 Å². The van der Waals surface area contributed by atoms with Crippen LogP contribution in [0.2, 0.25) is 5.02 Å². The van der Waals surface area contributed by atoms with Crippen molar-refractivity contribution in [2.24, 2.45) is 0 Å². The van der Waals surface area contributed by atoms with Crippen LogP contribution in [0.1, 0.15) is 24.0 Å². The van der Waals surface area contributed by atoms with Crippen molar-refractivity contribution in [2.75, 3.05) is 6.54 Å². The highest BCUT2D eigenvalue weighted by atomic mass is 35.5. The van der Waals surface area contributed by atoms with Crippen LogP contribution in [-0.2, 0) is 13.1 Å². The number of imidazole rings is 1. The minimum atomic E-state index is 0.770. The molecule has 4 heteroatoms. The molecule has 0 fully saturated rings. The van der Waals surface area contributed by atoms with E-state index < -0.39 is 0 Å². The van der Waals surface area contributed by atoms with Crippen molar-refractivity contribution >= 4 is 11.6 Å². The molecule has 1 heterocycles. The maximum absolute atomic E-state index is 6.20. The average molecular weight is 264 g/mol. The van der Waals surface area contributed by atoms with E-state index in [4.69, 9.17) is 11.6 Å². The molecule has 0 aliphatic carbocycles. The Morgan fingerprint density at radius 2 is 2.11 bits per heavy atom. The Bertz CT molecular complexity index is 520. The highest BCUT2D eigenvalue weighted by molar-refractivity contribution is 6.31. The van der Waals surface area contributed by atoms with Crippen LogP contribution < -0.4 is 5.32 Å². The van der Waals surface area contributed by atoms with E-state index in [0.29, 0.717) is 0 Å². The van der Waals surface area contributed by atoms with Gasteiger partial charge in [-0.2, -0.15) is 0 Å². The summed E-state index contributed by atoms with van der Waals surface area (Å²) in [6.45, 7) is 6.68. The second-order valence-corrected chi connectivity index (χ2v) is 4.66. The number of benzene rings is 1. The molecule has 0 unspecified atom stereocenters. The number of halogens is 1. The number of hydrogen-bond donors (Lipinski definition) is 1. The lowest BCUT2D eigenvalue weighted by atomic mass is 10.2. The minimum Gasteiger partial charge on any atom is -0.327 e. The molecule has 0 aliphatic heterocycles. The van der Waals surface area contributed by atoms with Crippen LogP contribution in [0.25, 0.3) is 0 Å². The zero-order valence-electron chi connectivity index (χ0n) is 10.8. The summed E-state index contributed by atoms with van der Waals surface area (Å²) in [6.07, 6.45) is 1.93. The summed E-state index contributed by atoms with van der Waals surface area (Å²) in [4.78, 5) is 4.38. The van der Waals surface area contributed by atoms with E-state index in [1.54, 1.807) is 0 Å². The van der Waals surface area contributed by atoms with Gasteiger partial charge in [0.05, 0.1) is 12.2 Å². The quantitative estimate of drug-likeness (QED) is 0.899. The van der Waals surface area contributed by atoms with Gasteiger partial charge in [0.2, 0.25) is 0 Å². The van der Waals surface area contributed by atoms with Crippen molar-refractivity contribution in [3.05, 3.63) is 52.6 Å². The van der Waals surface area contributed by atoms with E-state index in [9.17, 15) is 0 Å². The van der Waals surface area contributed by atoms with Crippen LogP contribution in [0, 0.1) is 6.92 Å². The van der Waals surface area contributed by atoms with Gasteiger partial charge in [0, 0.05) is 17.8 Å². The van der Waals surface area contributed by atoms with E-state index in [-0.39, 0.29) is 0 Å². The van der Waals surface area contributed by atoms with Gasteiger partial charge in [0.15, 0.2) is 0 Å². The average Bonchev–Trinajstić information content (AvgIpc) is 2.71. The maximum Gasteiger partial charge on any atom is 0.106 e. The second kappa shape index (κ2) is 6.03. The molecule has 3 nitrogen and oxygen atoms in total. The third kappa shape index (κ3) is 2.92. The van der Waals surface area contributed by atoms with Crippen LogP contribution in [0.3, 0.4) is 0 Å². The third-order valence-corrected chi connectivity index (χ3v) is 3.35. The van der Waals surface area contributed by atoms with Gasteiger partial charge in [0.1, 0.15) is 5.82 Å². The highest BCUT2D eigenvalue weighted by Gasteiger charge is 2.08. The molecular formula is C14H18ClN3. The molecule has 1 N–H and O–H groups in total. The first-order valence-electron chi connectivity index (χ1n) is 6.17. The van der Waals surface area contributed by atoms with Crippen LogP contribution in [0.5, 0.6) is 0 Å². The molecule has 1 aromatic carbocycles. The van der Waals surface area contributed by atoms with E-state index in [0.717, 1.165) is 36.0 Å². The predicted molar refractivity (Wildman–Crippen MR) is 74.9 cm³/mol. The Kier molecular flexibility index (Phi) is 4.39. The number of aryl methyl sites for hydroxylation is 1. The summed E-state index contributed by atoms with van der Waals surface area (Å²) in [5.41, 5.74) is 2.31. The first-order valence-corrected chi connectivity index (χ1v) is 6.55. The monoisotopic (exact) mass is 263 g/mol. The van der Waals surface area contributed by atoms with Crippen molar-refractivity contribution < 1.29 is 0 Å². The summed E-state index contributed by atoms with van der Waals surface area (Å²) in [7, 11) is 0. The molecule has 0 saturated carbocycles. The highest BCUT2D eigenvalue weighted by Crippen LogP contribution is 2.18. The summed E-state index contributed by atoms with van der Waals surface area (Å²) in [5.74, 6) is 1.02. The summed E-state index contributed by atoms with van der Waals surface area (Å²) < 4.78 is 2.20. The lowest BCUT2D eigenvalue weighted by molar-refractivity contribution is 0.646. The van der Waals surface area contributed by atoms with Crippen molar-refractivity contribution in [2.45, 2.75) is 26.9 Å². The van der Waals surface area contributed by atoms with Gasteiger partial charge in [-0.25, -0.2) is 4.98 Å². The van der Waals surface area contributed by atoms with E-state index >= 15 is 0 Å². The molecule has 96 valence electrons. The molecule has 0 aliphatic rings. The van der Waals surface area contributed by atoms with Gasteiger partial charge in [0.25, 0.3) is 0 Å². The lowest BCUT2D eigenvalue weighted by Gasteiger charge is -2.11. The SMILES string of the molecule is CCNCc1cnc(C)n1Cc1ccccc1Cl. The normalized spacial score (nSPS) is 10.8. The molecule has 2 aromatic rings. The van der Waals surface area contributed by atoms with Gasteiger partial charge in [-0.15, -0.1) is 0 Å². The Labute approximate surface area is 113 Å². The Morgan fingerprint density at radius 1 is 1.33 bits per heavy atom. The first kappa shape index (κ1) is 13.1. The zero-order valence-corrected chi connectivity index (χ0v) is 11.5. The number of aromatic nitrogens is 2. The Balaban J connectivity index is 2.23. The number of hydrogen-bond acceptors (Lipinski definition) is 2. The topological polar surface area (TPSA) is 29.9 Å². The summed E-state index contributed by atoms with van der Waals surface area (Å²) in [6, 6.07) is 7.94. The molecule has 0 spiro atoms. The van der Waals surface area contributed by atoms with Crippen molar-refractivity contribution in [1.29, 1.82) is 0 Å². The summed E-state index contributed by atoms with van der Waals surface area (Å²) >= 11 is 6.20. The Morgan fingerprint density at radius 3 is 2.83 bits per heavy atom. The van der Waals surface area contributed by atoms with E-state index in [1.165, 1.54) is 5.69 Å². The fraction of sp³-hybridized carbons (Fsp3) is 0.357. The first-order chi connectivity index (χ1) is 8.72. The minimum absolute atomic E-state index is 0.770. The number of nitrogens with one attached hydrogen (secondary N) is 1. The third-order valence-electron chi connectivity index (χ3n) is 2.98. The van der Waals surface area contributed by atoms with Gasteiger partial charge in [-0.3, -0.25) is 0 Å². The standard InChI is InChI=1S/C14H18ClN3/c1-3-16-8-13-9-17-11(2)18(13)10-12-6-4-5-7-14(12)15/h4-7,9,16H,3,8,10H2,1-2H3. The van der Waals surface area contributed by atoms with Crippen molar-refractivity contribution in [1.82, 2.24) is 14.9 Å². The fourth-order valence-corrected chi connectivity index (χ4v) is 2.12. The van der Waals surface area contributed by atoms with Crippen molar-refractivity contribution in [3.8, 4) is 0 Å². The number of nitrogens with zero attached hydrogens (tertiary/aromatic N) is 2. The molecule has 18 heavy (non-hydrogen) atoms. The van der Waals surface area contributed by atoms with Gasteiger partial charge < -0.3 is 9.88 Å². The number of rotatable bonds is 5. The van der Waals surface area contributed by atoms with Crippen molar-refractivity contribution in [3.63, 3.8) is 0 Å². The molecule has 0 saturated heterocycles. The molecular weight excluding hydrogens is 246 g/mol. The van der Waals surface area contributed by atoms with Crippen LogP contribution >= 0.6 is 11.6 Å². The molecule has 0 atom stereocenters. The molecule has 0 amide bonds. The van der Waals surface area contributed by atoms with Crippen LogP contribution in [-0.4, -0.2) is 16.1 Å². The largest absolute Gasteiger partial charge is 0.327 e. The Hall–Kier alpha value is -1.32. The van der Waals surface area contributed by atoms with Gasteiger partial charge in [-0.05, 0) is 25.1 Å². The van der Waals surface area contributed by atoms with E-state index in [2.05, 4.69) is 27.9 Å². The predicted octanol–water partition coefficient (Wildman–Crippen LogP) is 3.00. The maximum atomic E-state index is 6.20. The van der Waals surface area contributed by atoms with Crippen LogP contribution in [0.15, 0.2) is 30.5 Å². The molecule has 0 bridgehead atoms. The second-order valence-electron chi connectivity index (χ2n) is 4.25. The summed E-state index contributed by atoms with van der Waals surface area (Å²) in [5, 5.41) is 4.13.